The van der Waals surface area contributed by atoms with E-state index in [0.717, 1.165) is 31.0 Å². The van der Waals surface area contributed by atoms with Crippen molar-refractivity contribution in [3.05, 3.63) is 12.2 Å². The van der Waals surface area contributed by atoms with Crippen LogP contribution in [0.25, 0.3) is 0 Å². The van der Waals surface area contributed by atoms with Gasteiger partial charge in [0.25, 0.3) is 0 Å². The lowest BCUT2D eigenvalue weighted by atomic mass is 9.79. The molecular weight excluding hydrogens is 669 g/mol. The van der Waals surface area contributed by atoms with Gasteiger partial charge in [-0.2, -0.15) is 0 Å². The first-order valence-corrected chi connectivity index (χ1v) is 29.2. The van der Waals surface area contributed by atoms with E-state index in [1.165, 1.54) is 50.2 Å². The Morgan fingerprint density at radius 1 is 0.740 bits per heavy atom. The lowest BCUT2D eigenvalue weighted by Gasteiger charge is -2.44. The summed E-state index contributed by atoms with van der Waals surface area (Å²) < 4.78 is 35.6. The standard InChI is InChI=1S/C42H86O5Si3/c1-18-49(19-2,20-3)46-37(32-34(8)35(9)45-48(16,17)40(10,11)12)33(7)28-27-31-42(15,47-50(21-4,22-5)23-6)39-38(43-41(13,14)44-39)36-29-25-24-26-30-36/h27,31,33-39H,18-26,28-30,32H2,1-17H3/b31-27+/t33-,34-,35-,37+,38+,39+,42+/m0/s1. The lowest BCUT2D eigenvalue weighted by Crippen LogP contribution is -2.55. The number of ether oxygens (including phenoxy) is 2. The first-order chi connectivity index (χ1) is 23.1. The second-order valence-electron chi connectivity index (χ2n) is 18.8. The van der Waals surface area contributed by atoms with E-state index in [1.54, 1.807) is 0 Å². The highest BCUT2D eigenvalue weighted by atomic mass is 28.4. The van der Waals surface area contributed by atoms with Crippen LogP contribution in [-0.4, -0.2) is 60.8 Å². The molecule has 0 aromatic rings. The van der Waals surface area contributed by atoms with Gasteiger partial charge in [0.2, 0.25) is 0 Å². The smallest absolute Gasteiger partial charge is 0.193 e. The van der Waals surface area contributed by atoms with Crippen LogP contribution in [0.2, 0.25) is 54.4 Å². The molecule has 50 heavy (non-hydrogen) atoms. The van der Waals surface area contributed by atoms with Gasteiger partial charge in [-0.25, -0.2) is 0 Å². The Labute approximate surface area is 315 Å². The molecule has 1 heterocycles. The summed E-state index contributed by atoms with van der Waals surface area (Å²) in [4.78, 5) is 0. The van der Waals surface area contributed by atoms with Gasteiger partial charge in [0, 0.05) is 12.2 Å². The normalized spacial score (nSPS) is 25.1. The summed E-state index contributed by atoms with van der Waals surface area (Å²) in [5.74, 6) is 0.711. The molecular formula is C42H86O5Si3. The van der Waals surface area contributed by atoms with Crippen LogP contribution < -0.4 is 0 Å². The Morgan fingerprint density at radius 3 is 1.74 bits per heavy atom. The van der Waals surface area contributed by atoms with Crippen LogP contribution in [0, 0.1) is 17.8 Å². The number of hydrogen-bond acceptors (Lipinski definition) is 5. The summed E-state index contributed by atoms with van der Waals surface area (Å²) >= 11 is 0. The molecule has 2 rings (SSSR count). The fourth-order valence-electron chi connectivity index (χ4n) is 8.36. The number of rotatable bonds is 21. The largest absolute Gasteiger partial charge is 0.414 e. The van der Waals surface area contributed by atoms with E-state index in [1.807, 2.05) is 0 Å². The molecule has 5 nitrogen and oxygen atoms in total. The third-order valence-corrected chi connectivity index (χ3v) is 27.8. The monoisotopic (exact) mass is 755 g/mol. The molecule has 1 saturated heterocycles. The summed E-state index contributed by atoms with van der Waals surface area (Å²) in [5.41, 5.74) is -0.548. The summed E-state index contributed by atoms with van der Waals surface area (Å²) in [6, 6.07) is 6.86. The van der Waals surface area contributed by atoms with Crippen molar-refractivity contribution in [3.8, 4) is 0 Å². The third-order valence-electron chi connectivity index (χ3n) is 13.8. The molecule has 296 valence electrons. The first kappa shape index (κ1) is 46.3. The SMILES string of the molecule is CC[Si](CC)(CC)O[C@H](C[C@H](C)[C@H](C)O[Si](C)(C)C(C)(C)C)[C@@H](C)C/C=C/[C@@](C)(O[Si](CC)(CC)CC)[C@@H]1OC(C)(C)O[C@@H]1C1CCCCC1. The molecule has 0 unspecified atom stereocenters. The van der Waals surface area contributed by atoms with Gasteiger partial charge in [0.15, 0.2) is 30.7 Å². The van der Waals surface area contributed by atoms with Crippen molar-refractivity contribution in [1.82, 2.24) is 0 Å². The van der Waals surface area contributed by atoms with Gasteiger partial charge in [-0.1, -0.05) is 108 Å². The highest BCUT2D eigenvalue weighted by Gasteiger charge is 2.54. The van der Waals surface area contributed by atoms with Gasteiger partial charge in [-0.15, -0.1) is 0 Å². The summed E-state index contributed by atoms with van der Waals surface area (Å²) in [5, 5.41) is 0.200. The molecule has 0 aromatic carbocycles. The molecule has 1 aliphatic heterocycles. The van der Waals surface area contributed by atoms with E-state index in [2.05, 4.69) is 129 Å². The molecule has 0 N–H and O–H groups in total. The Morgan fingerprint density at radius 2 is 1.26 bits per heavy atom. The highest BCUT2D eigenvalue weighted by molar-refractivity contribution is 6.74. The fraction of sp³-hybridized carbons (Fsp3) is 0.952. The van der Waals surface area contributed by atoms with Crippen molar-refractivity contribution in [2.75, 3.05) is 0 Å². The van der Waals surface area contributed by atoms with Crippen LogP contribution in [0.3, 0.4) is 0 Å². The van der Waals surface area contributed by atoms with Gasteiger partial charge in [0.05, 0.1) is 6.10 Å². The first-order valence-electron chi connectivity index (χ1n) is 21.2. The Kier molecular flexibility index (Phi) is 17.8. The third kappa shape index (κ3) is 12.1. The van der Waals surface area contributed by atoms with Crippen molar-refractivity contribution in [3.63, 3.8) is 0 Å². The highest BCUT2D eigenvalue weighted by Crippen LogP contribution is 2.45. The zero-order valence-electron chi connectivity index (χ0n) is 36.4. The minimum Gasteiger partial charge on any atom is -0.414 e. The topological polar surface area (TPSA) is 46.2 Å². The van der Waals surface area contributed by atoms with Gasteiger partial charge >= 0.3 is 0 Å². The predicted molar refractivity (Wildman–Crippen MR) is 224 cm³/mol. The molecule has 0 bridgehead atoms. The zero-order chi connectivity index (χ0) is 38.2. The van der Waals surface area contributed by atoms with Gasteiger partial charge in [-0.3, -0.25) is 0 Å². The Bertz CT molecular complexity index is 995. The minimum absolute atomic E-state index is 0.0549. The molecule has 2 aliphatic rings. The van der Waals surface area contributed by atoms with E-state index < -0.39 is 36.3 Å². The van der Waals surface area contributed by atoms with Crippen molar-refractivity contribution in [2.45, 2.75) is 239 Å². The number of allylic oxidation sites excluding steroid dienone is 1. The van der Waals surface area contributed by atoms with E-state index in [4.69, 9.17) is 22.8 Å². The molecule has 2 fully saturated rings. The van der Waals surface area contributed by atoms with E-state index in [9.17, 15) is 0 Å². The van der Waals surface area contributed by atoms with Crippen LogP contribution in [-0.2, 0) is 22.8 Å². The summed E-state index contributed by atoms with van der Waals surface area (Å²) in [6.07, 6.45) is 13.5. The molecule has 0 aromatic heterocycles. The van der Waals surface area contributed by atoms with Gasteiger partial charge in [-0.05, 0) is 126 Å². The molecule has 7 atom stereocenters. The van der Waals surface area contributed by atoms with Gasteiger partial charge in [0.1, 0.15) is 11.7 Å². The van der Waals surface area contributed by atoms with Gasteiger partial charge < -0.3 is 22.8 Å². The van der Waals surface area contributed by atoms with Crippen molar-refractivity contribution in [2.24, 2.45) is 17.8 Å². The maximum Gasteiger partial charge on any atom is 0.193 e. The predicted octanol–water partition coefficient (Wildman–Crippen LogP) is 13.3. The van der Waals surface area contributed by atoms with Crippen LogP contribution in [0.4, 0.5) is 0 Å². The number of hydrogen-bond donors (Lipinski definition) is 0. The molecule has 1 aliphatic carbocycles. The lowest BCUT2D eigenvalue weighted by molar-refractivity contribution is -0.162. The van der Waals surface area contributed by atoms with Crippen LogP contribution in [0.1, 0.15) is 149 Å². The second kappa shape index (κ2) is 19.2. The molecule has 0 radical (unpaired) electrons. The second-order valence-corrected chi connectivity index (χ2v) is 32.9. The van der Waals surface area contributed by atoms with Crippen LogP contribution >= 0.6 is 0 Å². The summed E-state index contributed by atoms with van der Waals surface area (Å²) in [6.45, 7) is 39.5. The Balaban J connectivity index is 2.46. The maximum atomic E-state index is 7.53. The molecule has 1 saturated carbocycles. The average Bonchev–Trinajstić information content (AvgIpc) is 3.41. The van der Waals surface area contributed by atoms with Crippen LogP contribution in [0.5, 0.6) is 0 Å². The van der Waals surface area contributed by atoms with Crippen molar-refractivity contribution < 1.29 is 22.8 Å². The maximum absolute atomic E-state index is 7.53. The van der Waals surface area contributed by atoms with Crippen molar-refractivity contribution >= 4 is 25.0 Å². The average molecular weight is 755 g/mol. The summed E-state index contributed by atoms with van der Waals surface area (Å²) in [7, 11) is -5.66. The van der Waals surface area contributed by atoms with E-state index in [-0.39, 0.29) is 29.5 Å². The van der Waals surface area contributed by atoms with Crippen LogP contribution in [0.15, 0.2) is 12.2 Å². The van der Waals surface area contributed by atoms with E-state index in [0.29, 0.717) is 17.8 Å². The molecule has 0 amide bonds. The minimum atomic E-state index is -1.98. The fourth-order valence-corrected chi connectivity index (χ4v) is 15.9. The Hall–Kier alpha value is 0.191. The molecule has 8 heteroatoms. The quantitative estimate of drug-likeness (QED) is 0.0862. The van der Waals surface area contributed by atoms with E-state index >= 15 is 0 Å². The molecule has 0 spiro atoms. The van der Waals surface area contributed by atoms with Crippen molar-refractivity contribution in [1.29, 1.82) is 0 Å². The zero-order valence-corrected chi connectivity index (χ0v) is 39.4.